The number of nitrogens with zero attached hydrogens (tertiary/aromatic N) is 2. The third-order valence-corrected chi connectivity index (χ3v) is 2.92. The van der Waals surface area contributed by atoms with Gasteiger partial charge in [-0.1, -0.05) is 17.7 Å². The van der Waals surface area contributed by atoms with Crippen molar-refractivity contribution in [3.8, 4) is 5.75 Å². The molecule has 6 heteroatoms. The van der Waals surface area contributed by atoms with Gasteiger partial charge in [-0.2, -0.15) is 5.10 Å². The summed E-state index contributed by atoms with van der Waals surface area (Å²) in [5, 5.41) is 22.9. The maximum Gasteiger partial charge on any atom is 0.492 e. The van der Waals surface area contributed by atoms with Crippen molar-refractivity contribution in [3.63, 3.8) is 0 Å². The summed E-state index contributed by atoms with van der Waals surface area (Å²) in [4.78, 5) is 0. The Morgan fingerprint density at radius 2 is 2.00 bits per heavy atom. The molecular formula is C13H17BN2O3. The van der Waals surface area contributed by atoms with Crippen LogP contribution in [-0.2, 0) is 13.7 Å². The van der Waals surface area contributed by atoms with Crippen LogP contribution in [0.5, 0.6) is 5.75 Å². The molecule has 0 aliphatic heterocycles. The van der Waals surface area contributed by atoms with E-state index < -0.39 is 7.12 Å². The number of rotatable bonds is 4. The van der Waals surface area contributed by atoms with Crippen molar-refractivity contribution >= 4 is 12.6 Å². The number of benzene rings is 1. The molecule has 5 nitrogen and oxygen atoms in total. The first kappa shape index (κ1) is 13.6. The minimum atomic E-state index is -1.54. The summed E-state index contributed by atoms with van der Waals surface area (Å²) < 4.78 is 7.40. The van der Waals surface area contributed by atoms with Gasteiger partial charge in [0.2, 0.25) is 0 Å². The Hall–Kier alpha value is -1.79. The Bertz CT molecular complexity index is 581. The molecule has 0 spiro atoms. The summed E-state index contributed by atoms with van der Waals surface area (Å²) >= 11 is 0. The summed E-state index contributed by atoms with van der Waals surface area (Å²) in [7, 11) is 0.311. The second-order valence-corrected chi connectivity index (χ2v) is 4.60. The lowest BCUT2D eigenvalue weighted by Crippen LogP contribution is -2.31. The fraction of sp³-hybridized carbons (Fsp3) is 0.308. The average Bonchev–Trinajstić information content (AvgIpc) is 2.66. The van der Waals surface area contributed by atoms with E-state index in [0.29, 0.717) is 17.8 Å². The maximum absolute atomic E-state index is 9.34. The van der Waals surface area contributed by atoms with Crippen LogP contribution in [0.25, 0.3) is 0 Å². The molecule has 2 N–H and O–H groups in total. The Morgan fingerprint density at radius 1 is 1.26 bits per heavy atom. The van der Waals surface area contributed by atoms with Crippen LogP contribution in [-0.4, -0.2) is 26.9 Å². The number of hydrogen-bond acceptors (Lipinski definition) is 4. The van der Waals surface area contributed by atoms with Crippen molar-refractivity contribution in [1.82, 2.24) is 9.78 Å². The molecule has 0 aliphatic rings. The molecule has 0 unspecified atom stereocenters. The van der Waals surface area contributed by atoms with Gasteiger partial charge in [-0.25, -0.2) is 0 Å². The highest BCUT2D eigenvalue weighted by Crippen LogP contribution is 2.13. The largest absolute Gasteiger partial charge is 0.492 e. The Kier molecular flexibility index (Phi) is 3.92. The van der Waals surface area contributed by atoms with Gasteiger partial charge in [0.05, 0.1) is 11.4 Å². The topological polar surface area (TPSA) is 67.5 Å². The second kappa shape index (κ2) is 5.46. The van der Waals surface area contributed by atoms with Gasteiger partial charge in [0, 0.05) is 12.5 Å². The molecule has 2 rings (SSSR count). The minimum Gasteiger partial charge on any atom is -0.488 e. The van der Waals surface area contributed by atoms with Gasteiger partial charge >= 0.3 is 7.12 Å². The summed E-state index contributed by atoms with van der Waals surface area (Å²) in [6, 6.07) is 7.25. The smallest absolute Gasteiger partial charge is 0.488 e. The van der Waals surface area contributed by atoms with Crippen LogP contribution < -0.4 is 10.2 Å². The van der Waals surface area contributed by atoms with Crippen LogP contribution in [0.2, 0.25) is 0 Å². The van der Waals surface area contributed by atoms with Gasteiger partial charge in [-0.3, -0.25) is 4.68 Å². The molecule has 19 heavy (non-hydrogen) atoms. The van der Waals surface area contributed by atoms with Gasteiger partial charge in [0.1, 0.15) is 12.4 Å². The fourth-order valence-electron chi connectivity index (χ4n) is 1.95. The van der Waals surface area contributed by atoms with E-state index in [0.717, 1.165) is 17.0 Å². The lowest BCUT2D eigenvalue weighted by atomic mass is 9.79. The van der Waals surface area contributed by atoms with E-state index in [4.69, 9.17) is 4.74 Å². The van der Waals surface area contributed by atoms with Crippen LogP contribution in [0.3, 0.4) is 0 Å². The lowest BCUT2D eigenvalue weighted by Gasteiger charge is -2.12. The highest BCUT2D eigenvalue weighted by Gasteiger charge is 2.17. The molecule has 0 saturated carbocycles. The fourth-order valence-corrected chi connectivity index (χ4v) is 1.95. The van der Waals surface area contributed by atoms with E-state index in [1.165, 1.54) is 0 Å². The van der Waals surface area contributed by atoms with Crippen LogP contribution in [0.15, 0.2) is 24.3 Å². The van der Waals surface area contributed by atoms with Crippen LogP contribution in [0.4, 0.5) is 0 Å². The predicted octanol–water partition coefficient (Wildman–Crippen LogP) is 0.296. The van der Waals surface area contributed by atoms with Gasteiger partial charge in [-0.15, -0.1) is 0 Å². The first-order valence-corrected chi connectivity index (χ1v) is 6.06. The molecular weight excluding hydrogens is 243 g/mol. The third-order valence-electron chi connectivity index (χ3n) is 2.92. The quantitative estimate of drug-likeness (QED) is 0.776. The molecule has 0 bridgehead atoms. The molecule has 0 amide bonds. The van der Waals surface area contributed by atoms with Crippen molar-refractivity contribution in [1.29, 1.82) is 0 Å². The van der Waals surface area contributed by atoms with Crippen LogP contribution >= 0.6 is 0 Å². The van der Waals surface area contributed by atoms with Crippen molar-refractivity contribution in [2.75, 3.05) is 0 Å². The third kappa shape index (κ3) is 3.16. The van der Waals surface area contributed by atoms with Gasteiger partial charge in [0.15, 0.2) is 0 Å². The molecule has 1 aromatic carbocycles. The lowest BCUT2D eigenvalue weighted by molar-refractivity contribution is 0.295. The molecule has 0 fully saturated rings. The number of hydrogen-bond donors (Lipinski definition) is 2. The molecule has 0 atom stereocenters. The van der Waals surface area contributed by atoms with Crippen molar-refractivity contribution in [2.24, 2.45) is 7.05 Å². The zero-order chi connectivity index (χ0) is 14.0. The minimum absolute atomic E-state index is 0.333. The maximum atomic E-state index is 9.34. The van der Waals surface area contributed by atoms with Gasteiger partial charge < -0.3 is 14.8 Å². The van der Waals surface area contributed by atoms with Crippen molar-refractivity contribution in [3.05, 3.63) is 41.2 Å². The van der Waals surface area contributed by atoms with Crippen molar-refractivity contribution < 1.29 is 14.8 Å². The Balaban J connectivity index is 2.17. The Morgan fingerprint density at radius 3 is 2.58 bits per heavy atom. The highest BCUT2D eigenvalue weighted by molar-refractivity contribution is 6.59. The van der Waals surface area contributed by atoms with Gasteiger partial charge in [0.25, 0.3) is 0 Å². The van der Waals surface area contributed by atoms with E-state index in [1.807, 2.05) is 33.0 Å². The SMILES string of the molecule is Cc1ccc(OCc2cc(C)nn2C)c(B(O)O)c1. The van der Waals surface area contributed by atoms with Crippen molar-refractivity contribution in [2.45, 2.75) is 20.5 Å². The normalized spacial score (nSPS) is 10.6. The monoisotopic (exact) mass is 260 g/mol. The number of ether oxygens (including phenoxy) is 1. The number of aromatic nitrogens is 2. The van der Waals surface area contributed by atoms with Crippen LogP contribution in [0.1, 0.15) is 17.0 Å². The van der Waals surface area contributed by atoms with E-state index in [-0.39, 0.29) is 0 Å². The predicted molar refractivity (Wildman–Crippen MR) is 73.3 cm³/mol. The molecule has 100 valence electrons. The standard InChI is InChI=1S/C13H17BN2O3/c1-9-4-5-13(12(6-9)14(17)18)19-8-11-7-10(2)15-16(11)3/h4-7,17-18H,8H2,1-3H3. The van der Waals surface area contributed by atoms with E-state index in [1.54, 1.807) is 16.8 Å². The Labute approximate surface area is 112 Å². The van der Waals surface area contributed by atoms with Gasteiger partial charge in [-0.05, 0) is 26.0 Å². The second-order valence-electron chi connectivity index (χ2n) is 4.60. The summed E-state index contributed by atoms with van der Waals surface area (Å²) in [6.07, 6.45) is 0. The van der Waals surface area contributed by atoms with E-state index in [9.17, 15) is 10.0 Å². The number of aryl methyl sites for hydroxylation is 3. The van der Waals surface area contributed by atoms with E-state index >= 15 is 0 Å². The zero-order valence-corrected chi connectivity index (χ0v) is 11.3. The molecule has 0 aliphatic carbocycles. The summed E-state index contributed by atoms with van der Waals surface area (Å²) in [5.41, 5.74) is 3.18. The summed E-state index contributed by atoms with van der Waals surface area (Å²) in [5.74, 6) is 0.472. The molecule has 2 aromatic rings. The molecule has 1 heterocycles. The first-order chi connectivity index (χ1) is 8.97. The molecule has 0 saturated heterocycles. The summed E-state index contributed by atoms with van der Waals surface area (Å²) in [6.45, 7) is 4.14. The van der Waals surface area contributed by atoms with E-state index in [2.05, 4.69) is 5.10 Å². The highest BCUT2D eigenvalue weighted by atomic mass is 16.5. The average molecular weight is 260 g/mol. The van der Waals surface area contributed by atoms with Crippen LogP contribution in [0, 0.1) is 13.8 Å². The molecule has 1 aromatic heterocycles. The molecule has 0 radical (unpaired) electrons. The first-order valence-electron chi connectivity index (χ1n) is 6.06. The zero-order valence-electron chi connectivity index (χ0n) is 11.3.